The molecule has 0 saturated carbocycles. The molecule has 1 atom stereocenters. The molecule has 6 heteroatoms. The van der Waals surface area contributed by atoms with Crippen LogP contribution >= 0.6 is 27.3 Å². The first-order valence-corrected chi connectivity index (χ1v) is 7.82. The number of hydrogen-bond acceptors (Lipinski definition) is 5. The van der Waals surface area contributed by atoms with Crippen LogP contribution in [-0.4, -0.2) is 12.1 Å². The fourth-order valence-corrected chi connectivity index (χ4v) is 2.79. The average Bonchev–Trinajstić information content (AvgIpc) is 2.91. The molecule has 2 aromatic rings. The summed E-state index contributed by atoms with van der Waals surface area (Å²) in [5, 5.41) is 10.9. The van der Waals surface area contributed by atoms with Crippen LogP contribution in [0.3, 0.4) is 0 Å². The molecule has 0 N–H and O–H groups in total. The molecule has 0 aliphatic carbocycles. The van der Waals surface area contributed by atoms with Crippen molar-refractivity contribution >= 4 is 33.2 Å². The molecule has 0 fully saturated rings. The normalized spacial score (nSPS) is 11.5. The van der Waals surface area contributed by atoms with E-state index >= 15 is 0 Å². The highest BCUT2D eigenvalue weighted by Crippen LogP contribution is 2.22. The zero-order chi connectivity index (χ0) is 15.2. The van der Waals surface area contributed by atoms with Crippen LogP contribution in [0.25, 0.3) is 0 Å². The second-order valence-corrected chi connectivity index (χ2v) is 6.53. The first kappa shape index (κ1) is 15.5. The van der Waals surface area contributed by atoms with Gasteiger partial charge < -0.3 is 9.47 Å². The lowest BCUT2D eigenvalue weighted by atomic mass is 10.2. The summed E-state index contributed by atoms with van der Waals surface area (Å²) in [5.41, 5.74) is 1.31. The van der Waals surface area contributed by atoms with Crippen molar-refractivity contribution in [1.82, 2.24) is 0 Å². The minimum Gasteiger partial charge on any atom is -0.478 e. The number of carbonyl (C=O) groups is 1. The van der Waals surface area contributed by atoms with Gasteiger partial charge in [-0.25, -0.2) is 4.79 Å². The van der Waals surface area contributed by atoms with Crippen molar-refractivity contribution in [3.05, 3.63) is 50.6 Å². The maximum Gasteiger partial charge on any atom is 0.347 e. The number of esters is 1. The Morgan fingerprint density at radius 1 is 1.48 bits per heavy atom. The summed E-state index contributed by atoms with van der Waals surface area (Å²) >= 11 is 4.88. The standard InChI is InChI=1S/C15H12BrNO3S/c1-10(20-13-5-3-2-4-12(13)7-17)15(18)19-8-11-6-14(16)21-9-11/h2-6,9-10H,8H2,1H3. The Bertz CT molecular complexity index is 678. The minimum absolute atomic E-state index is 0.203. The number of nitriles is 1. The highest BCUT2D eigenvalue weighted by atomic mass is 79.9. The van der Waals surface area contributed by atoms with Gasteiger partial charge in [0, 0.05) is 5.56 Å². The van der Waals surface area contributed by atoms with E-state index < -0.39 is 12.1 Å². The van der Waals surface area contributed by atoms with E-state index in [1.54, 1.807) is 31.2 Å². The molecule has 1 heterocycles. The number of para-hydroxylation sites is 1. The molecule has 2 rings (SSSR count). The molecule has 0 aliphatic heterocycles. The van der Waals surface area contributed by atoms with E-state index in [9.17, 15) is 4.79 Å². The number of hydrogen-bond donors (Lipinski definition) is 0. The Kier molecular flexibility index (Phi) is 5.37. The quantitative estimate of drug-likeness (QED) is 0.754. The van der Waals surface area contributed by atoms with Crippen molar-refractivity contribution in [2.75, 3.05) is 0 Å². The second kappa shape index (κ2) is 7.25. The molecule has 0 aliphatic rings. The van der Waals surface area contributed by atoms with Gasteiger partial charge in [0.05, 0.1) is 9.35 Å². The van der Waals surface area contributed by atoms with Gasteiger partial charge in [-0.1, -0.05) is 12.1 Å². The number of benzene rings is 1. The third-order valence-electron chi connectivity index (χ3n) is 2.65. The molecule has 108 valence electrons. The van der Waals surface area contributed by atoms with Gasteiger partial charge in [-0.2, -0.15) is 5.26 Å². The smallest absolute Gasteiger partial charge is 0.347 e. The predicted molar refractivity (Wildman–Crippen MR) is 83.1 cm³/mol. The van der Waals surface area contributed by atoms with Gasteiger partial charge in [-0.05, 0) is 46.4 Å². The van der Waals surface area contributed by atoms with Crippen LogP contribution in [0.2, 0.25) is 0 Å². The van der Waals surface area contributed by atoms with Gasteiger partial charge in [0.25, 0.3) is 0 Å². The van der Waals surface area contributed by atoms with Crippen molar-refractivity contribution in [3.63, 3.8) is 0 Å². The zero-order valence-electron chi connectivity index (χ0n) is 11.2. The Labute approximate surface area is 135 Å². The zero-order valence-corrected chi connectivity index (χ0v) is 13.6. The van der Waals surface area contributed by atoms with Gasteiger partial charge in [0.1, 0.15) is 18.4 Å². The van der Waals surface area contributed by atoms with Crippen LogP contribution in [0.15, 0.2) is 39.5 Å². The maximum atomic E-state index is 11.9. The summed E-state index contributed by atoms with van der Waals surface area (Å²) in [7, 11) is 0. The monoisotopic (exact) mass is 365 g/mol. The van der Waals surface area contributed by atoms with Crippen LogP contribution in [-0.2, 0) is 16.1 Å². The van der Waals surface area contributed by atoms with Gasteiger partial charge in [-0.3, -0.25) is 0 Å². The van der Waals surface area contributed by atoms with Crippen LogP contribution in [0, 0.1) is 11.3 Å². The van der Waals surface area contributed by atoms with Crippen LogP contribution in [0.1, 0.15) is 18.1 Å². The summed E-state index contributed by atoms with van der Waals surface area (Å²) < 4.78 is 11.7. The van der Waals surface area contributed by atoms with Crippen LogP contribution in [0.5, 0.6) is 5.75 Å². The number of rotatable bonds is 5. The first-order valence-electron chi connectivity index (χ1n) is 6.15. The molecular formula is C15H12BrNO3S. The van der Waals surface area contributed by atoms with Crippen molar-refractivity contribution < 1.29 is 14.3 Å². The molecule has 0 saturated heterocycles. The lowest BCUT2D eigenvalue weighted by Crippen LogP contribution is -2.26. The highest BCUT2D eigenvalue weighted by molar-refractivity contribution is 9.11. The number of carbonyl (C=O) groups excluding carboxylic acids is 1. The van der Waals surface area contributed by atoms with Crippen LogP contribution < -0.4 is 4.74 Å². The molecule has 21 heavy (non-hydrogen) atoms. The summed E-state index contributed by atoms with van der Waals surface area (Å²) in [6.07, 6.45) is -0.776. The van der Waals surface area contributed by atoms with E-state index in [4.69, 9.17) is 14.7 Å². The third-order valence-corrected chi connectivity index (χ3v) is 4.20. The third kappa shape index (κ3) is 4.31. The van der Waals surface area contributed by atoms with Gasteiger partial charge in [0.2, 0.25) is 0 Å². The Hall–Kier alpha value is -1.84. The Morgan fingerprint density at radius 3 is 2.90 bits per heavy atom. The number of thiophene rings is 1. The summed E-state index contributed by atoms with van der Waals surface area (Å²) in [4.78, 5) is 11.9. The van der Waals surface area contributed by atoms with E-state index in [-0.39, 0.29) is 6.61 Å². The van der Waals surface area contributed by atoms with Crippen molar-refractivity contribution in [2.45, 2.75) is 19.6 Å². The summed E-state index contributed by atoms with van der Waals surface area (Å²) in [5.74, 6) is -0.0900. The topological polar surface area (TPSA) is 59.3 Å². The Balaban J connectivity index is 1.92. The summed E-state index contributed by atoms with van der Waals surface area (Å²) in [6, 6.07) is 10.7. The fraction of sp³-hybridized carbons (Fsp3) is 0.200. The minimum atomic E-state index is -0.776. The molecule has 0 amide bonds. The molecule has 1 aromatic carbocycles. The number of nitrogens with zero attached hydrogens (tertiary/aromatic N) is 1. The predicted octanol–water partition coefficient (Wildman–Crippen LogP) is 3.89. The maximum absolute atomic E-state index is 11.9. The molecule has 0 spiro atoms. The highest BCUT2D eigenvalue weighted by Gasteiger charge is 2.18. The van der Waals surface area contributed by atoms with E-state index in [0.717, 1.165) is 9.35 Å². The van der Waals surface area contributed by atoms with Gasteiger partial charge >= 0.3 is 5.97 Å². The average molecular weight is 366 g/mol. The largest absolute Gasteiger partial charge is 0.478 e. The lowest BCUT2D eigenvalue weighted by Gasteiger charge is -2.14. The molecule has 4 nitrogen and oxygen atoms in total. The van der Waals surface area contributed by atoms with Crippen molar-refractivity contribution in [2.24, 2.45) is 0 Å². The van der Waals surface area contributed by atoms with Gasteiger partial charge in [0.15, 0.2) is 6.10 Å². The fourth-order valence-electron chi connectivity index (χ4n) is 1.59. The molecule has 1 aromatic heterocycles. The SMILES string of the molecule is CC(Oc1ccccc1C#N)C(=O)OCc1csc(Br)c1. The second-order valence-electron chi connectivity index (χ2n) is 4.23. The van der Waals surface area contributed by atoms with Crippen LogP contribution in [0.4, 0.5) is 0 Å². The Morgan fingerprint density at radius 2 is 2.24 bits per heavy atom. The van der Waals surface area contributed by atoms with E-state index in [2.05, 4.69) is 15.9 Å². The van der Waals surface area contributed by atoms with Crippen molar-refractivity contribution in [3.8, 4) is 11.8 Å². The number of halogens is 1. The molecule has 0 radical (unpaired) electrons. The summed E-state index contributed by atoms with van der Waals surface area (Å²) in [6.45, 7) is 1.80. The van der Waals surface area contributed by atoms with Gasteiger partial charge in [-0.15, -0.1) is 11.3 Å². The van der Waals surface area contributed by atoms with E-state index in [1.807, 2.05) is 17.5 Å². The van der Waals surface area contributed by atoms with Crippen molar-refractivity contribution in [1.29, 1.82) is 5.26 Å². The molecular weight excluding hydrogens is 354 g/mol. The lowest BCUT2D eigenvalue weighted by molar-refractivity contribution is -0.152. The molecule has 1 unspecified atom stereocenters. The first-order chi connectivity index (χ1) is 10.1. The molecule has 0 bridgehead atoms. The van der Waals surface area contributed by atoms with E-state index in [0.29, 0.717) is 11.3 Å². The van der Waals surface area contributed by atoms with E-state index in [1.165, 1.54) is 11.3 Å². The number of ether oxygens (including phenoxy) is 2.